The number of rotatable bonds is 5. The molecule has 0 aliphatic rings. The first-order valence-corrected chi connectivity index (χ1v) is 6.93. The smallest absolute Gasteiger partial charge is 0.408 e. The number of ketones is 1. The molecule has 0 heterocycles. The normalized spacial score (nSPS) is 12.2. The van der Waals surface area contributed by atoms with Gasteiger partial charge in [0, 0.05) is 5.56 Å². The van der Waals surface area contributed by atoms with E-state index in [1.807, 2.05) is 0 Å². The molecule has 0 aliphatic carbocycles. The second-order valence-electron chi connectivity index (χ2n) is 5.76. The van der Waals surface area contributed by atoms with Gasteiger partial charge in [-0.05, 0) is 27.7 Å². The molecule has 1 rings (SSSR count). The molecule has 6 heteroatoms. The Morgan fingerprint density at radius 2 is 1.73 bits per heavy atom. The molecule has 1 N–H and O–H groups in total. The summed E-state index contributed by atoms with van der Waals surface area (Å²) in [6.45, 7) is 6.23. The van der Waals surface area contributed by atoms with E-state index < -0.39 is 23.7 Å². The summed E-state index contributed by atoms with van der Waals surface area (Å²) in [6, 6.07) is 7.61. The van der Waals surface area contributed by atoms with Crippen LogP contribution in [0.1, 0.15) is 38.1 Å². The molecule has 0 aromatic heterocycles. The molecule has 0 saturated carbocycles. The van der Waals surface area contributed by atoms with Gasteiger partial charge in [-0.3, -0.25) is 4.79 Å². The van der Waals surface area contributed by atoms with Crippen molar-refractivity contribution in [3.63, 3.8) is 0 Å². The van der Waals surface area contributed by atoms with Crippen molar-refractivity contribution in [2.24, 2.45) is 0 Å². The predicted molar refractivity (Wildman–Crippen MR) is 80.6 cm³/mol. The Bertz CT molecular complexity index is 533. The van der Waals surface area contributed by atoms with Crippen molar-refractivity contribution in [2.75, 3.05) is 6.61 Å². The Morgan fingerprint density at radius 1 is 1.14 bits per heavy atom. The van der Waals surface area contributed by atoms with E-state index in [-0.39, 0.29) is 12.4 Å². The number of ether oxygens (including phenoxy) is 2. The predicted octanol–water partition coefficient (Wildman–Crippen LogP) is 2.33. The first-order chi connectivity index (χ1) is 10.2. The van der Waals surface area contributed by atoms with Gasteiger partial charge in [0.05, 0.1) is 0 Å². The van der Waals surface area contributed by atoms with Crippen LogP contribution in [0.25, 0.3) is 0 Å². The molecule has 1 amide bonds. The molecule has 0 radical (unpaired) electrons. The molecule has 1 atom stereocenters. The topological polar surface area (TPSA) is 81.7 Å². The summed E-state index contributed by atoms with van der Waals surface area (Å²) in [7, 11) is 0. The van der Waals surface area contributed by atoms with Gasteiger partial charge in [0.15, 0.2) is 12.4 Å². The quantitative estimate of drug-likeness (QED) is 0.667. The van der Waals surface area contributed by atoms with Gasteiger partial charge in [0.1, 0.15) is 11.6 Å². The summed E-state index contributed by atoms with van der Waals surface area (Å²) in [6.07, 6.45) is -0.716. The van der Waals surface area contributed by atoms with Gasteiger partial charge in [0.25, 0.3) is 0 Å². The Morgan fingerprint density at radius 3 is 2.27 bits per heavy atom. The molecular weight excluding hydrogens is 286 g/mol. The van der Waals surface area contributed by atoms with Crippen molar-refractivity contribution in [2.45, 2.75) is 39.3 Å². The summed E-state index contributed by atoms with van der Waals surface area (Å²) >= 11 is 0. The zero-order chi connectivity index (χ0) is 16.8. The van der Waals surface area contributed by atoms with Crippen molar-refractivity contribution in [3.05, 3.63) is 35.9 Å². The van der Waals surface area contributed by atoms with E-state index in [0.717, 1.165) is 0 Å². The lowest BCUT2D eigenvalue weighted by Crippen LogP contribution is -2.42. The lowest BCUT2D eigenvalue weighted by atomic mass is 10.1. The van der Waals surface area contributed by atoms with Gasteiger partial charge in [-0.25, -0.2) is 9.59 Å². The SMILES string of the molecule is C[C@@H](NC(=O)OC(C)(C)C)C(=O)OCC(=O)c1ccccc1. The molecule has 0 bridgehead atoms. The van der Waals surface area contributed by atoms with Crippen LogP contribution in [-0.2, 0) is 14.3 Å². The number of nitrogens with one attached hydrogen (secondary N) is 1. The van der Waals surface area contributed by atoms with Crippen LogP contribution >= 0.6 is 0 Å². The van der Waals surface area contributed by atoms with E-state index in [1.165, 1.54) is 6.92 Å². The summed E-state index contributed by atoms with van der Waals surface area (Å²) in [5.74, 6) is -1.01. The van der Waals surface area contributed by atoms with Crippen LogP contribution in [-0.4, -0.2) is 36.1 Å². The summed E-state index contributed by atoms with van der Waals surface area (Å²) in [5, 5.41) is 2.35. The third kappa shape index (κ3) is 6.39. The van der Waals surface area contributed by atoms with Gasteiger partial charge in [0.2, 0.25) is 0 Å². The third-order valence-electron chi connectivity index (χ3n) is 2.53. The highest BCUT2D eigenvalue weighted by Gasteiger charge is 2.22. The summed E-state index contributed by atoms with van der Waals surface area (Å²) in [4.78, 5) is 35.1. The lowest BCUT2D eigenvalue weighted by Gasteiger charge is -2.21. The monoisotopic (exact) mass is 307 g/mol. The Labute approximate surface area is 129 Å². The van der Waals surface area contributed by atoms with Crippen molar-refractivity contribution in [1.29, 1.82) is 0 Å². The number of carbonyl (C=O) groups excluding carboxylic acids is 3. The number of amides is 1. The van der Waals surface area contributed by atoms with Gasteiger partial charge in [-0.2, -0.15) is 0 Å². The van der Waals surface area contributed by atoms with Crippen LogP contribution in [0.2, 0.25) is 0 Å². The largest absolute Gasteiger partial charge is 0.456 e. The minimum absolute atomic E-state index is 0.307. The van der Waals surface area contributed by atoms with Gasteiger partial charge < -0.3 is 14.8 Å². The van der Waals surface area contributed by atoms with E-state index >= 15 is 0 Å². The first kappa shape index (κ1) is 17.7. The second kappa shape index (κ2) is 7.59. The number of alkyl carbamates (subject to hydrolysis) is 1. The fraction of sp³-hybridized carbons (Fsp3) is 0.438. The minimum Gasteiger partial charge on any atom is -0.456 e. The van der Waals surface area contributed by atoms with E-state index in [1.54, 1.807) is 51.1 Å². The molecule has 1 aromatic carbocycles. The maximum absolute atomic E-state index is 11.8. The highest BCUT2D eigenvalue weighted by Crippen LogP contribution is 2.07. The van der Waals surface area contributed by atoms with Gasteiger partial charge in [-0.15, -0.1) is 0 Å². The average Bonchev–Trinajstić information content (AvgIpc) is 2.43. The maximum Gasteiger partial charge on any atom is 0.408 e. The van der Waals surface area contributed by atoms with Crippen LogP contribution in [0.3, 0.4) is 0 Å². The summed E-state index contributed by atoms with van der Waals surface area (Å²) in [5.41, 5.74) is -0.195. The molecular formula is C16H21NO5. The lowest BCUT2D eigenvalue weighted by molar-refractivity contribution is -0.144. The van der Waals surface area contributed by atoms with Crippen LogP contribution in [0, 0.1) is 0 Å². The molecule has 6 nitrogen and oxygen atoms in total. The zero-order valence-corrected chi connectivity index (χ0v) is 13.2. The number of benzene rings is 1. The zero-order valence-electron chi connectivity index (χ0n) is 13.2. The highest BCUT2D eigenvalue weighted by molar-refractivity contribution is 5.98. The van der Waals surface area contributed by atoms with E-state index in [2.05, 4.69) is 5.32 Å². The molecule has 0 aliphatic heterocycles. The van der Waals surface area contributed by atoms with Crippen molar-refractivity contribution >= 4 is 17.8 Å². The van der Waals surface area contributed by atoms with Crippen LogP contribution in [0.4, 0.5) is 4.79 Å². The Kier molecular flexibility index (Phi) is 6.10. The fourth-order valence-electron chi connectivity index (χ4n) is 1.51. The molecule has 0 spiro atoms. The number of Topliss-reactive ketones (excluding diaryl/α,β-unsaturated/α-hetero) is 1. The van der Waals surface area contributed by atoms with E-state index in [4.69, 9.17) is 9.47 Å². The Balaban J connectivity index is 2.42. The molecule has 1 aromatic rings. The minimum atomic E-state index is -0.904. The molecule has 0 saturated heterocycles. The fourth-order valence-corrected chi connectivity index (χ4v) is 1.51. The molecule has 22 heavy (non-hydrogen) atoms. The molecule has 120 valence electrons. The van der Waals surface area contributed by atoms with E-state index in [9.17, 15) is 14.4 Å². The van der Waals surface area contributed by atoms with E-state index in [0.29, 0.717) is 5.56 Å². The van der Waals surface area contributed by atoms with Crippen molar-refractivity contribution in [1.82, 2.24) is 5.32 Å². The number of hydrogen-bond acceptors (Lipinski definition) is 5. The first-order valence-electron chi connectivity index (χ1n) is 6.93. The van der Waals surface area contributed by atoms with Gasteiger partial charge >= 0.3 is 12.1 Å². The van der Waals surface area contributed by atoms with Crippen molar-refractivity contribution in [3.8, 4) is 0 Å². The number of esters is 1. The third-order valence-corrected chi connectivity index (χ3v) is 2.53. The van der Waals surface area contributed by atoms with Crippen LogP contribution in [0.5, 0.6) is 0 Å². The van der Waals surface area contributed by atoms with Gasteiger partial charge in [-0.1, -0.05) is 30.3 Å². The number of carbonyl (C=O) groups is 3. The average molecular weight is 307 g/mol. The summed E-state index contributed by atoms with van der Waals surface area (Å²) < 4.78 is 9.92. The highest BCUT2D eigenvalue weighted by atomic mass is 16.6. The second-order valence-corrected chi connectivity index (χ2v) is 5.76. The molecule has 0 unspecified atom stereocenters. The Hall–Kier alpha value is -2.37. The maximum atomic E-state index is 11.8. The number of hydrogen-bond donors (Lipinski definition) is 1. The molecule has 0 fully saturated rings. The van der Waals surface area contributed by atoms with Crippen molar-refractivity contribution < 1.29 is 23.9 Å². The van der Waals surface area contributed by atoms with Crippen LogP contribution in [0.15, 0.2) is 30.3 Å². The van der Waals surface area contributed by atoms with Crippen LogP contribution < -0.4 is 5.32 Å². The standard InChI is InChI=1S/C16H21NO5/c1-11(17-15(20)22-16(2,3)4)14(19)21-10-13(18)12-8-6-5-7-9-12/h5-9,11H,10H2,1-4H3,(H,17,20)/t11-/m1/s1.